The second kappa shape index (κ2) is 9.48. The first-order chi connectivity index (χ1) is 16.9. The number of aromatic nitrogens is 4. The summed E-state index contributed by atoms with van der Waals surface area (Å²) < 4.78 is 68.7. The molecule has 3 aromatic heterocycles. The maximum atomic E-state index is 14.1. The maximum absolute atomic E-state index is 14.1. The third-order valence-corrected chi connectivity index (χ3v) is 5.40. The van der Waals surface area contributed by atoms with Gasteiger partial charge in [-0.2, -0.15) is 18.3 Å². The van der Waals surface area contributed by atoms with Crippen molar-refractivity contribution in [1.82, 2.24) is 19.7 Å². The summed E-state index contributed by atoms with van der Waals surface area (Å²) >= 11 is 0. The van der Waals surface area contributed by atoms with Crippen LogP contribution in [0.1, 0.15) is 39.7 Å². The van der Waals surface area contributed by atoms with Gasteiger partial charge in [0.1, 0.15) is 0 Å². The predicted molar refractivity (Wildman–Crippen MR) is 122 cm³/mol. The van der Waals surface area contributed by atoms with E-state index in [1.807, 2.05) is 6.07 Å². The zero-order chi connectivity index (χ0) is 26.1. The van der Waals surface area contributed by atoms with Crippen molar-refractivity contribution in [2.75, 3.05) is 5.32 Å². The molecule has 0 aliphatic rings. The lowest BCUT2D eigenvalue weighted by Gasteiger charge is -2.18. The predicted octanol–water partition coefficient (Wildman–Crippen LogP) is 6.08. The lowest BCUT2D eigenvalue weighted by atomic mass is 9.99. The largest absolute Gasteiger partial charge is 0.416 e. The van der Waals surface area contributed by atoms with E-state index in [9.17, 15) is 26.7 Å². The van der Waals surface area contributed by atoms with Crippen molar-refractivity contribution < 1.29 is 26.7 Å². The van der Waals surface area contributed by atoms with E-state index in [-0.39, 0.29) is 17.7 Å². The molecule has 36 heavy (non-hydrogen) atoms. The summed E-state index contributed by atoms with van der Waals surface area (Å²) in [5.74, 6) is -3.97. The molecule has 0 spiro atoms. The number of hydrogen-bond acceptors (Lipinski definition) is 4. The number of pyridine rings is 2. The Morgan fingerprint density at radius 1 is 1.06 bits per heavy atom. The number of hydrogen-bond donors (Lipinski definition) is 1. The molecule has 186 valence electrons. The van der Waals surface area contributed by atoms with Crippen molar-refractivity contribution in [3.05, 3.63) is 95.2 Å². The van der Waals surface area contributed by atoms with E-state index < -0.39 is 29.1 Å². The number of alkyl halides is 5. The van der Waals surface area contributed by atoms with Gasteiger partial charge in [0.05, 0.1) is 34.7 Å². The summed E-state index contributed by atoms with van der Waals surface area (Å²) in [5.41, 5.74) is 0.343. The molecular formula is C25H20F5N5O. The van der Waals surface area contributed by atoms with Crippen molar-refractivity contribution >= 4 is 11.6 Å². The number of aryl methyl sites for hydroxylation is 1. The number of carbonyl (C=O) groups excluding carboxylic acids is 1. The summed E-state index contributed by atoms with van der Waals surface area (Å²) in [6.45, 7) is 1.93. The van der Waals surface area contributed by atoms with E-state index >= 15 is 0 Å². The number of nitrogens with one attached hydrogen (secondary N) is 1. The number of anilines is 1. The van der Waals surface area contributed by atoms with Crippen LogP contribution in [0.2, 0.25) is 0 Å². The van der Waals surface area contributed by atoms with Crippen molar-refractivity contribution in [2.24, 2.45) is 0 Å². The van der Waals surface area contributed by atoms with Gasteiger partial charge in [0.15, 0.2) is 0 Å². The number of amides is 1. The zero-order valence-electron chi connectivity index (χ0n) is 19.1. The highest BCUT2D eigenvalue weighted by Crippen LogP contribution is 2.36. The molecule has 0 saturated carbocycles. The Bertz CT molecular complexity index is 1390. The summed E-state index contributed by atoms with van der Waals surface area (Å²) in [6.07, 6.45) is 1.27. The highest BCUT2D eigenvalue weighted by molar-refractivity contribution is 6.04. The van der Waals surface area contributed by atoms with Gasteiger partial charge in [0, 0.05) is 42.8 Å². The van der Waals surface area contributed by atoms with Gasteiger partial charge in [-0.15, -0.1) is 0 Å². The SMILES string of the molecule is Cc1nn(Cc2ccc(C(F)(F)F)cc2C(C)(F)F)cc1NC(=O)c1cncc(-c2ccccn2)c1. The molecular weight excluding hydrogens is 481 g/mol. The third-order valence-electron chi connectivity index (χ3n) is 5.40. The average Bonchev–Trinajstić information content (AvgIpc) is 3.16. The number of nitrogens with zero attached hydrogens (tertiary/aromatic N) is 4. The molecule has 1 amide bonds. The minimum Gasteiger partial charge on any atom is -0.319 e. The van der Waals surface area contributed by atoms with Crippen LogP contribution in [-0.4, -0.2) is 25.7 Å². The molecule has 1 aromatic carbocycles. The third kappa shape index (κ3) is 5.56. The molecule has 1 N–H and O–H groups in total. The average molecular weight is 501 g/mol. The minimum absolute atomic E-state index is 0.0249. The van der Waals surface area contributed by atoms with Gasteiger partial charge < -0.3 is 5.32 Å². The Morgan fingerprint density at radius 3 is 2.50 bits per heavy atom. The Labute approximate surface area is 202 Å². The molecule has 4 aromatic rings. The quantitative estimate of drug-likeness (QED) is 0.325. The van der Waals surface area contributed by atoms with Crippen LogP contribution in [0.5, 0.6) is 0 Å². The number of halogens is 5. The van der Waals surface area contributed by atoms with Gasteiger partial charge in [-0.05, 0) is 42.8 Å². The Balaban J connectivity index is 1.56. The van der Waals surface area contributed by atoms with Crippen molar-refractivity contribution in [3.63, 3.8) is 0 Å². The number of benzene rings is 1. The molecule has 0 aliphatic heterocycles. The normalized spacial score (nSPS) is 12.0. The second-order valence-electron chi connectivity index (χ2n) is 8.22. The monoisotopic (exact) mass is 501 g/mol. The Kier molecular flexibility index (Phi) is 6.57. The highest BCUT2D eigenvalue weighted by Gasteiger charge is 2.35. The topological polar surface area (TPSA) is 72.7 Å². The van der Waals surface area contributed by atoms with Crippen LogP contribution in [0.3, 0.4) is 0 Å². The van der Waals surface area contributed by atoms with Crippen molar-refractivity contribution in [1.29, 1.82) is 0 Å². The van der Waals surface area contributed by atoms with E-state index in [0.29, 0.717) is 35.6 Å². The molecule has 0 radical (unpaired) electrons. The van der Waals surface area contributed by atoms with E-state index in [4.69, 9.17) is 0 Å². The molecule has 6 nitrogen and oxygen atoms in total. The molecule has 0 fully saturated rings. The molecule has 0 atom stereocenters. The van der Waals surface area contributed by atoms with Crippen molar-refractivity contribution in [2.45, 2.75) is 32.5 Å². The van der Waals surface area contributed by atoms with Crippen LogP contribution in [0.15, 0.2) is 67.3 Å². The maximum Gasteiger partial charge on any atom is 0.416 e. The van der Waals surface area contributed by atoms with E-state index in [1.165, 1.54) is 17.1 Å². The first-order valence-corrected chi connectivity index (χ1v) is 10.7. The van der Waals surface area contributed by atoms with Gasteiger partial charge in [-0.1, -0.05) is 12.1 Å². The molecule has 3 heterocycles. The molecule has 11 heteroatoms. The lowest BCUT2D eigenvalue weighted by molar-refractivity contribution is -0.137. The summed E-state index contributed by atoms with van der Waals surface area (Å²) in [5, 5.41) is 6.93. The molecule has 0 bridgehead atoms. The summed E-state index contributed by atoms with van der Waals surface area (Å²) in [7, 11) is 0. The molecule has 0 unspecified atom stereocenters. The van der Waals surface area contributed by atoms with Gasteiger partial charge in [0.2, 0.25) is 0 Å². The smallest absolute Gasteiger partial charge is 0.319 e. The van der Waals surface area contributed by atoms with Crippen LogP contribution in [0.4, 0.5) is 27.6 Å². The van der Waals surface area contributed by atoms with Crippen LogP contribution >= 0.6 is 0 Å². The van der Waals surface area contributed by atoms with Gasteiger partial charge in [-0.25, -0.2) is 8.78 Å². The van der Waals surface area contributed by atoms with E-state index in [2.05, 4.69) is 20.4 Å². The van der Waals surface area contributed by atoms with Gasteiger partial charge >= 0.3 is 6.18 Å². The molecule has 0 aliphatic carbocycles. The number of rotatable bonds is 6. The van der Waals surface area contributed by atoms with Gasteiger partial charge in [0.25, 0.3) is 11.8 Å². The van der Waals surface area contributed by atoms with Crippen LogP contribution in [0.25, 0.3) is 11.3 Å². The Morgan fingerprint density at radius 2 is 1.83 bits per heavy atom. The first-order valence-electron chi connectivity index (χ1n) is 10.7. The zero-order valence-corrected chi connectivity index (χ0v) is 19.1. The minimum atomic E-state index is -4.75. The fourth-order valence-corrected chi connectivity index (χ4v) is 3.63. The van der Waals surface area contributed by atoms with Crippen molar-refractivity contribution in [3.8, 4) is 11.3 Å². The number of carbonyl (C=O) groups is 1. The second-order valence-corrected chi connectivity index (χ2v) is 8.22. The van der Waals surface area contributed by atoms with Crippen LogP contribution in [-0.2, 0) is 18.6 Å². The van der Waals surface area contributed by atoms with Gasteiger partial charge in [-0.3, -0.25) is 19.4 Å². The Hall–Kier alpha value is -4.15. The fraction of sp³-hybridized carbons (Fsp3) is 0.200. The highest BCUT2D eigenvalue weighted by atomic mass is 19.4. The first kappa shape index (κ1) is 25.0. The van der Waals surface area contributed by atoms with Crippen LogP contribution in [0, 0.1) is 6.92 Å². The van der Waals surface area contributed by atoms with Crippen LogP contribution < -0.4 is 5.32 Å². The summed E-state index contributed by atoms with van der Waals surface area (Å²) in [4.78, 5) is 21.1. The van der Waals surface area contributed by atoms with E-state index in [0.717, 1.165) is 12.1 Å². The fourth-order valence-electron chi connectivity index (χ4n) is 3.63. The summed E-state index contributed by atoms with van der Waals surface area (Å²) in [6, 6.07) is 9.21. The molecule has 4 rings (SSSR count). The standard InChI is InChI=1S/C25H20F5N5O/c1-15-22(33-23(36)18-9-17(11-31-12-18)21-5-3-4-8-32-21)14-35(34-15)13-16-6-7-19(25(28,29)30)10-20(16)24(2,26)27/h3-12,14H,13H2,1-2H3,(H,33,36). The lowest BCUT2D eigenvalue weighted by Crippen LogP contribution is -2.16. The molecule has 0 saturated heterocycles. The van der Waals surface area contributed by atoms with E-state index in [1.54, 1.807) is 37.5 Å².